The molecule has 5 heteroatoms. The molecule has 0 aliphatic heterocycles. The Morgan fingerprint density at radius 1 is 0.444 bits per heavy atom. The van der Waals surface area contributed by atoms with Crippen LogP contribution in [0.25, 0.3) is 95.2 Å². The number of furan rings is 1. The maximum atomic E-state index is 6.63. The summed E-state index contributed by atoms with van der Waals surface area (Å²) >= 11 is 3.71. The third-order valence-electron chi connectivity index (χ3n) is 10.9. The molecule has 8 aromatic carbocycles. The van der Waals surface area contributed by atoms with Gasteiger partial charge in [0.05, 0.1) is 16.9 Å². The van der Waals surface area contributed by atoms with Gasteiger partial charge >= 0.3 is 0 Å². The highest BCUT2D eigenvalue weighted by Crippen LogP contribution is 2.46. The normalized spacial score (nSPS) is 12.1. The SMILES string of the molecule is c1ccc2c(c1)nc(-c1ccc(N(c3ccc4c(c3)sc3ccccc34)c3cccc4c3oc3ccccc34)cc1)c1ccc3c4ccccc4sc3c12. The smallest absolute Gasteiger partial charge is 0.159 e. The standard InChI is InChI=1S/C49H28N2OS2/c1-5-15-40-38(13-1)46-39(27-26-37-34-12-4-8-19-44(34)54-49(37)46)47(50-40)29-20-22-30(23-21-29)51(31-24-25-35-33-11-3-7-18-43(33)53-45(35)28-31)41-16-9-14-36-32-10-2-6-17-42(32)52-48(36)41/h1-28H. The molecule has 0 unspecified atom stereocenters. The summed E-state index contributed by atoms with van der Waals surface area (Å²) in [5.74, 6) is 0. The minimum absolute atomic E-state index is 0.869. The third-order valence-corrected chi connectivity index (χ3v) is 13.2. The van der Waals surface area contributed by atoms with Gasteiger partial charge in [0.25, 0.3) is 0 Å². The van der Waals surface area contributed by atoms with E-state index < -0.39 is 0 Å². The molecule has 0 aliphatic carbocycles. The zero-order chi connectivity index (χ0) is 35.3. The number of para-hydroxylation sites is 3. The Morgan fingerprint density at radius 3 is 1.93 bits per heavy atom. The number of rotatable bonds is 4. The molecule has 0 amide bonds. The van der Waals surface area contributed by atoms with E-state index in [9.17, 15) is 0 Å². The van der Waals surface area contributed by atoms with E-state index in [0.29, 0.717) is 0 Å². The van der Waals surface area contributed by atoms with Crippen LogP contribution in [0.3, 0.4) is 0 Å². The first-order chi connectivity index (χ1) is 26.8. The first-order valence-corrected chi connectivity index (χ1v) is 19.7. The lowest BCUT2D eigenvalue weighted by Gasteiger charge is -2.26. The molecule has 0 saturated carbocycles. The van der Waals surface area contributed by atoms with E-state index in [2.05, 4.69) is 169 Å². The van der Waals surface area contributed by atoms with Crippen LogP contribution >= 0.6 is 22.7 Å². The summed E-state index contributed by atoms with van der Waals surface area (Å²) in [6, 6.07) is 61.0. The summed E-state index contributed by atoms with van der Waals surface area (Å²) in [5, 5.41) is 11.0. The first kappa shape index (κ1) is 30.0. The Bertz CT molecular complexity index is 3460. The van der Waals surface area contributed by atoms with Crippen molar-refractivity contribution in [2.75, 3.05) is 4.90 Å². The largest absolute Gasteiger partial charge is 0.454 e. The topological polar surface area (TPSA) is 29.3 Å². The van der Waals surface area contributed by atoms with Crippen LogP contribution in [0, 0.1) is 0 Å². The van der Waals surface area contributed by atoms with Crippen molar-refractivity contribution in [3.8, 4) is 11.3 Å². The average molecular weight is 725 g/mol. The molecule has 3 nitrogen and oxygen atoms in total. The zero-order valence-electron chi connectivity index (χ0n) is 28.8. The molecule has 0 atom stereocenters. The fourth-order valence-corrected chi connectivity index (χ4v) is 10.8. The number of hydrogen-bond acceptors (Lipinski definition) is 5. The van der Waals surface area contributed by atoms with Crippen LogP contribution in [0.1, 0.15) is 0 Å². The summed E-state index contributed by atoms with van der Waals surface area (Å²) in [6.07, 6.45) is 0. The molecule has 0 spiro atoms. The predicted octanol–water partition coefficient (Wildman–Crippen LogP) is 15.2. The van der Waals surface area contributed by atoms with Gasteiger partial charge in [-0.1, -0.05) is 115 Å². The minimum Gasteiger partial charge on any atom is -0.454 e. The Labute approximate surface area is 317 Å². The lowest BCUT2D eigenvalue weighted by molar-refractivity contribution is 0.669. The highest BCUT2D eigenvalue weighted by molar-refractivity contribution is 7.27. The molecule has 12 rings (SSSR count). The number of benzene rings is 8. The molecule has 0 bridgehead atoms. The highest BCUT2D eigenvalue weighted by atomic mass is 32.1. The van der Waals surface area contributed by atoms with Crippen molar-refractivity contribution in [1.29, 1.82) is 0 Å². The van der Waals surface area contributed by atoms with Gasteiger partial charge in [-0.05, 0) is 54.6 Å². The quantitative estimate of drug-likeness (QED) is 0.169. The summed E-state index contributed by atoms with van der Waals surface area (Å²) in [4.78, 5) is 7.66. The Morgan fingerprint density at radius 2 is 1.07 bits per heavy atom. The number of fused-ring (bicyclic) bond motifs is 13. The molecule has 54 heavy (non-hydrogen) atoms. The van der Waals surface area contributed by atoms with Gasteiger partial charge in [0.15, 0.2) is 5.58 Å². The molecular weight excluding hydrogens is 697 g/mol. The van der Waals surface area contributed by atoms with Crippen LogP contribution in [-0.2, 0) is 0 Å². The molecule has 12 aromatic rings. The van der Waals surface area contributed by atoms with Gasteiger partial charge in [0.1, 0.15) is 5.58 Å². The second-order valence-electron chi connectivity index (χ2n) is 13.9. The monoisotopic (exact) mass is 724 g/mol. The number of thiophene rings is 2. The third kappa shape index (κ3) is 4.37. The molecule has 4 aromatic heterocycles. The molecule has 4 heterocycles. The van der Waals surface area contributed by atoms with Crippen LogP contribution in [-0.4, -0.2) is 4.98 Å². The van der Waals surface area contributed by atoms with E-state index in [0.717, 1.165) is 55.8 Å². The molecule has 0 aliphatic rings. The molecule has 0 N–H and O–H groups in total. The molecular formula is C49H28N2OS2. The second-order valence-corrected chi connectivity index (χ2v) is 16.0. The van der Waals surface area contributed by atoms with Gasteiger partial charge in [0.2, 0.25) is 0 Å². The van der Waals surface area contributed by atoms with Gasteiger partial charge in [-0.15, -0.1) is 22.7 Å². The summed E-state index contributed by atoms with van der Waals surface area (Å²) in [5.41, 5.74) is 7.96. The van der Waals surface area contributed by atoms with Crippen molar-refractivity contribution in [2.24, 2.45) is 0 Å². The van der Waals surface area contributed by atoms with Gasteiger partial charge < -0.3 is 9.32 Å². The van der Waals surface area contributed by atoms with Gasteiger partial charge in [0, 0.05) is 84.2 Å². The molecule has 0 fully saturated rings. The van der Waals surface area contributed by atoms with Crippen LogP contribution in [0.5, 0.6) is 0 Å². The number of aromatic nitrogens is 1. The fraction of sp³-hybridized carbons (Fsp3) is 0. The van der Waals surface area contributed by atoms with Crippen LogP contribution < -0.4 is 4.90 Å². The van der Waals surface area contributed by atoms with Crippen LogP contribution in [0.2, 0.25) is 0 Å². The number of hydrogen-bond donors (Lipinski definition) is 0. The van der Waals surface area contributed by atoms with Crippen molar-refractivity contribution in [3.05, 3.63) is 170 Å². The van der Waals surface area contributed by atoms with Crippen molar-refractivity contribution in [2.45, 2.75) is 0 Å². The Kier molecular flexibility index (Phi) is 6.38. The van der Waals surface area contributed by atoms with E-state index >= 15 is 0 Å². The highest BCUT2D eigenvalue weighted by Gasteiger charge is 2.21. The molecule has 0 radical (unpaired) electrons. The predicted molar refractivity (Wildman–Crippen MR) is 232 cm³/mol. The maximum absolute atomic E-state index is 6.63. The second kappa shape index (κ2) is 11.5. The number of anilines is 3. The minimum atomic E-state index is 0.869. The summed E-state index contributed by atoms with van der Waals surface area (Å²) in [7, 11) is 0. The van der Waals surface area contributed by atoms with E-state index in [-0.39, 0.29) is 0 Å². The van der Waals surface area contributed by atoms with Crippen molar-refractivity contribution < 1.29 is 4.42 Å². The van der Waals surface area contributed by atoms with Gasteiger partial charge in [-0.25, -0.2) is 4.98 Å². The van der Waals surface area contributed by atoms with E-state index in [1.165, 1.54) is 56.5 Å². The van der Waals surface area contributed by atoms with Crippen molar-refractivity contribution in [1.82, 2.24) is 4.98 Å². The van der Waals surface area contributed by atoms with Crippen molar-refractivity contribution >= 4 is 124 Å². The maximum Gasteiger partial charge on any atom is 0.159 e. The lowest BCUT2D eigenvalue weighted by atomic mass is 9.98. The van der Waals surface area contributed by atoms with Gasteiger partial charge in [-0.3, -0.25) is 0 Å². The number of pyridine rings is 1. The van der Waals surface area contributed by atoms with Crippen LogP contribution in [0.15, 0.2) is 174 Å². The van der Waals surface area contributed by atoms with E-state index in [4.69, 9.17) is 9.40 Å². The summed E-state index contributed by atoms with van der Waals surface area (Å²) < 4.78 is 11.8. The Hall–Kier alpha value is -6.53. The van der Waals surface area contributed by atoms with Crippen LogP contribution in [0.4, 0.5) is 17.1 Å². The van der Waals surface area contributed by atoms with E-state index in [1.54, 1.807) is 0 Å². The Balaban J connectivity index is 1.07. The average Bonchev–Trinajstić information content (AvgIpc) is 3.92. The fourth-order valence-electron chi connectivity index (χ4n) is 8.39. The zero-order valence-corrected chi connectivity index (χ0v) is 30.4. The summed E-state index contributed by atoms with van der Waals surface area (Å²) in [6.45, 7) is 0. The van der Waals surface area contributed by atoms with Crippen molar-refractivity contribution in [3.63, 3.8) is 0 Å². The first-order valence-electron chi connectivity index (χ1n) is 18.1. The lowest BCUT2D eigenvalue weighted by Crippen LogP contribution is -2.10. The molecule has 252 valence electrons. The molecule has 0 saturated heterocycles. The van der Waals surface area contributed by atoms with E-state index in [1.807, 2.05) is 28.7 Å². The van der Waals surface area contributed by atoms with Gasteiger partial charge in [-0.2, -0.15) is 0 Å². The number of nitrogens with zero attached hydrogens (tertiary/aromatic N) is 2.